The van der Waals surface area contributed by atoms with Gasteiger partial charge in [0.1, 0.15) is 0 Å². The lowest BCUT2D eigenvalue weighted by atomic mass is 10.0. The van der Waals surface area contributed by atoms with Gasteiger partial charge in [-0.25, -0.2) is 0 Å². The van der Waals surface area contributed by atoms with Crippen LogP contribution in [-0.4, -0.2) is 24.3 Å². The van der Waals surface area contributed by atoms with Crippen LogP contribution >= 0.6 is 0 Å². The number of piperidine rings is 1. The van der Waals surface area contributed by atoms with Gasteiger partial charge in [-0.3, -0.25) is 0 Å². The van der Waals surface area contributed by atoms with Crippen LogP contribution in [0.1, 0.15) is 13.8 Å². The van der Waals surface area contributed by atoms with Gasteiger partial charge in [0.15, 0.2) is 0 Å². The zero-order valence-electron chi connectivity index (χ0n) is 6.59. The molecule has 2 nitrogen and oxygen atoms in total. The summed E-state index contributed by atoms with van der Waals surface area (Å²) in [6.07, 6.45) is 0. The van der Waals surface area contributed by atoms with E-state index < -0.39 is 0 Å². The second-order valence-corrected chi connectivity index (χ2v) is 4.15. The molecule has 0 aromatic heterocycles. The maximum absolute atomic E-state index is 8.93. The van der Waals surface area contributed by atoms with Gasteiger partial charge in [-0.2, -0.15) is 0 Å². The number of aliphatic hydroxyl groups excluding tert-OH is 1. The maximum Gasteiger partial charge on any atom is 0.0587 e. The van der Waals surface area contributed by atoms with Crippen LogP contribution in [0.5, 0.6) is 0 Å². The first kappa shape index (κ1) is 6.62. The predicted molar refractivity (Wildman–Crippen MR) is 39.6 cm³/mol. The van der Waals surface area contributed by atoms with Crippen molar-refractivity contribution in [2.45, 2.75) is 19.9 Å². The van der Waals surface area contributed by atoms with E-state index in [0.29, 0.717) is 18.1 Å². The van der Waals surface area contributed by atoms with Crippen molar-refractivity contribution < 1.29 is 5.11 Å². The van der Waals surface area contributed by atoms with Crippen LogP contribution in [0.3, 0.4) is 0 Å². The normalized spacial score (nSPS) is 48.9. The van der Waals surface area contributed by atoms with Crippen molar-refractivity contribution in [3.63, 3.8) is 0 Å². The topological polar surface area (TPSA) is 32.3 Å². The maximum atomic E-state index is 8.93. The number of aliphatic hydroxyl groups is 1. The zero-order chi connectivity index (χ0) is 7.35. The Morgan fingerprint density at radius 2 is 2.30 bits per heavy atom. The highest BCUT2D eigenvalue weighted by atomic mass is 16.3. The van der Waals surface area contributed by atoms with Crippen LogP contribution in [0.2, 0.25) is 0 Å². The van der Waals surface area contributed by atoms with Crippen LogP contribution in [0.15, 0.2) is 0 Å². The summed E-state index contributed by atoms with van der Waals surface area (Å²) in [6.45, 7) is 6.02. The van der Waals surface area contributed by atoms with Crippen LogP contribution < -0.4 is 5.32 Å². The number of rotatable bonds is 1. The molecule has 2 unspecified atom stereocenters. The van der Waals surface area contributed by atoms with Crippen molar-refractivity contribution in [1.29, 1.82) is 0 Å². The first-order valence-electron chi connectivity index (χ1n) is 4.02. The minimum Gasteiger partial charge on any atom is -0.395 e. The number of nitrogens with one attached hydrogen (secondary N) is 1. The summed E-state index contributed by atoms with van der Waals surface area (Å²) in [5, 5.41) is 12.2. The minimum atomic E-state index is 0.310. The van der Waals surface area contributed by atoms with Gasteiger partial charge in [0.05, 0.1) is 6.61 Å². The van der Waals surface area contributed by atoms with E-state index in [-0.39, 0.29) is 0 Å². The van der Waals surface area contributed by atoms with Crippen molar-refractivity contribution in [2.75, 3.05) is 13.2 Å². The summed E-state index contributed by atoms with van der Waals surface area (Å²) in [7, 11) is 0. The molecule has 2 N–H and O–H groups in total. The third kappa shape index (κ3) is 0.611. The lowest BCUT2D eigenvalue weighted by molar-refractivity contribution is 0.226. The third-order valence-corrected chi connectivity index (χ3v) is 3.37. The SMILES string of the molecule is CC1(C)C2CN[C@H](CO)C21. The second-order valence-electron chi connectivity index (χ2n) is 4.15. The number of hydrogen-bond donors (Lipinski definition) is 2. The lowest BCUT2D eigenvalue weighted by Gasteiger charge is -2.15. The molecule has 1 saturated carbocycles. The molecule has 0 amide bonds. The summed E-state index contributed by atoms with van der Waals surface area (Å²) in [6, 6.07) is 0.389. The van der Waals surface area contributed by atoms with Gasteiger partial charge in [-0.1, -0.05) is 13.8 Å². The highest BCUT2D eigenvalue weighted by Gasteiger charge is 2.63. The van der Waals surface area contributed by atoms with Crippen molar-refractivity contribution in [2.24, 2.45) is 17.3 Å². The minimum absolute atomic E-state index is 0.310. The van der Waals surface area contributed by atoms with E-state index >= 15 is 0 Å². The third-order valence-electron chi connectivity index (χ3n) is 3.37. The molecule has 1 saturated heterocycles. The standard InChI is InChI=1S/C8H15NO/c1-8(2)5-3-9-6(4-10)7(5)8/h5-7,9-10H,3-4H2,1-2H3/t5?,6-,7?/m1/s1. The molecule has 3 atom stereocenters. The van der Waals surface area contributed by atoms with E-state index in [1.165, 1.54) is 0 Å². The monoisotopic (exact) mass is 141 g/mol. The summed E-state index contributed by atoms with van der Waals surface area (Å²) in [4.78, 5) is 0. The van der Waals surface area contributed by atoms with Crippen molar-refractivity contribution >= 4 is 0 Å². The molecule has 2 rings (SSSR count). The average Bonchev–Trinajstić information content (AvgIpc) is 2.28. The molecular weight excluding hydrogens is 126 g/mol. The van der Waals surface area contributed by atoms with Crippen LogP contribution in [0, 0.1) is 17.3 Å². The zero-order valence-corrected chi connectivity index (χ0v) is 6.59. The molecule has 2 heteroatoms. The summed E-state index contributed by atoms with van der Waals surface area (Å²) in [5.41, 5.74) is 0.513. The molecule has 0 radical (unpaired) electrons. The molecular formula is C8H15NO. The molecule has 0 aromatic rings. The fraction of sp³-hybridized carbons (Fsp3) is 1.00. The number of hydrogen-bond acceptors (Lipinski definition) is 2. The fourth-order valence-electron chi connectivity index (χ4n) is 2.56. The molecule has 58 valence electrons. The fourth-order valence-corrected chi connectivity index (χ4v) is 2.56. The Bertz CT molecular complexity index is 155. The predicted octanol–water partition coefficient (Wildman–Crippen LogP) is 0.223. The van der Waals surface area contributed by atoms with Crippen LogP contribution in [0.4, 0.5) is 0 Å². The Labute approximate surface area is 61.6 Å². The quantitative estimate of drug-likeness (QED) is 0.547. The molecule has 2 fully saturated rings. The molecule has 10 heavy (non-hydrogen) atoms. The highest BCUT2D eigenvalue weighted by Crippen LogP contribution is 2.62. The molecule has 0 bridgehead atoms. The molecule has 1 aliphatic heterocycles. The van der Waals surface area contributed by atoms with Crippen molar-refractivity contribution in [3.05, 3.63) is 0 Å². The Morgan fingerprint density at radius 3 is 2.60 bits per heavy atom. The Balaban J connectivity index is 2.07. The van der Waals surface area contributed by atoms with Gasteiger partial charge in [-0.05, 0) is 23.8 Å². The summed E-state index contributed by atoms with van der Waals surface area (Å²) < 4.78 is 0. The highest BCUT2D eigenvalue weighted by molar-refractivity contribution is 5.14. The van der Waals surface area contributed by atoms with Crippen LogP contribution in [-0.2, 0) is 0 Å². The van der Waals surface area contributed by atoms with E-state index in [1.807, 2.05) is 0 Å². The van der Waals surface area contributed by atoms with Gasteiger partial charge in [-0.15, -0.1) is 0 Å². The van der Waals surface area contributed by atoms with Crippen LogP contribution in [0.25, 0.3) is 0 Å². The summed E-state index contributed by atoms with van der Waals surface area (Å²) >= 11 is 0. The molecule has 0 aromatic carbocycles. The van der Waals surface area contributed by atoms with E-state index in [4.69, 9.17) is 5.11 Å². The summed E-state index contributed by atoms with van der Waals surface area (Å²) in [5.74, 6) is 1.59. The lowest BCUT2D eigenvalue weighted by Crippen LogP contribution is -2.33. The average molecular weight is 141 g/mol. The smallest absolute Gasteiger partial charge is 0.0587 e. The molecule has 1 aliphatic carbocycles. The molecule has 1 heterocycles. The first-order chi connectivity index (χ1) is 4.68. The van der Waals surface area contributed by atoms with E-state index in [1.54, 1.807) is 0 Å². The van der Waals surface area contributed by atoms with Crippen molar-refractivity contribution in [1.82, 2.24) is 5.32 Å². The first-order valence-corrected chi connectivity index (χ1v) is 4.02. The molecule has 0 spiro atoms. The van der Waals surface area contributed by atoms with Gasteiger partial charge in [0.2, 0.25) is 0 Å². The Kier molecular flexibility index (Phi) is 1.15. The van der Waals surface area contributed by atoms with E-state index in [2.05, 4.69) is 19.2 Å². The van der Waals surface area contributed by atoms with Gasteiger partial charge in [0, 0.05) is 6.04 Å². The Hall–Kier alpha value is -0.0800. The molecule has 2 aliphatic rings. The second kappa shape index (κ2) is 1.74. The number of fused-ring (bicyclic) bond motifs is 1. The largest absolute Gasteiger partial charge is 0.395 e. The Morgan fingerprint density at radius 1 is 1.60 bits per heavy atom. The van der Waals surface area contributed by atoms with Crippen molar-refractivity contribution in [3.8, 4) is 0 Å². The van der Waals surface area contributed by atoms with E-state index in [9.17, 15) is 0 Å². The van der Waals surface area contributed by atoms with E-state index in [0.717, 1.165) is 18.4 Å². The van der Waals surface area contributed by atoms with Gasteiger partial charge < -0.3 is 10.4 Å². The van der Waals surface area contributed by atoms with Gasteiger partial charge >= 0.3 is 0 Å². The van der Waals surface area contributed by atoms with Gasteiger partial charge in [0.25, 0.3) is 0 Å².